The Morgan fingerprint density at radius 3 is 2.62 bits per heavy atom. The summed E-state index contributed by atoms with van der Waals surface area (Å²) in [6.07, 6.45) is 5.25. The molecule has 4 rings (SSSR count). The molecule has 8 nitrogen and oxygen atoms in total. The number of halogens is 1. The standard InChI is InChI=1S/C24H31ClN4O4S/c1-17-14-23(29-12-8-21(9-13-29)33-20-4-2-19(25)3-5-20)27-16-22(17)34(31,32)28-11-7-18-6-10-26-24(30)15-18/h2-5,14,16,18,21,28H,6-13,15H2,1H3,(H,26,30). The van der Waals surface area contributed by atoms with Gasteiger partial charge in [-0.1, -0.05) is 11.6 Å². The van der Waals surface area contributed by atoms with Crippen LogP contribution in [0.4, 0.5) is 5.82 Å². The predicted molar refractivity (Wildman–Crippen MR) is 132 cm³/mol. The molecule has 2 aliphatic rings. The zero-order valence-corrected chi connectivity index (χ0v) is 20.9. The van der Waals surface area contributed by atoms with Crippen molar-refractivity contribution in [3.8, 4) is 5.75 Å². The lowest BCUT2D eigenvalue weighted by atomic mass is 9.94. The van der Waals surface area contributed by atoms with Crippen LogP contribution in [0.5, 0.6) is 5.75 Å². The average molecular weight is 507 g/mol. The Hall–Kier alpha value is -2.36. The Morgan fingerprint density at radius 1 is 1.21 bits per heavy atom. The first-order valence-corrected chi connectivity index (χ1v) is 13.6. The fourth-order valence-electron chi connectivity index (χ4n) is 4.46. The van der Waals surface area contributed by atoms with Crippen molar-refractivity contribution in [2.75, 3.05) is 31.1 Å². The van der Waals surface area contributed by atoms with Crippen LogP contribution >= 0.6 is 11.6 Å². The number of anilines is 1. The minimum atomic E-state index is -3.66. The van der Waals surface area contributed by atoms with E-state index in [1.54, 1.807) is 6.92 Å². The van der Waals surface area contributed by atoms with Gasteiger partial charge in [0.05, 0.1) is 0 Å². The summed E-state index contributed by atoms with van der Waals surface area (Å²) in [5, 5.41) is 3.48. The molecule has 0 radical (unpaired) electrons. The van der Waals surface area contributed by atoms with E-state index in [9.17, 15) is 13.2 Å². The number of nitrogens with one attached hydrogen (secondary N) is 2. The fourth-order valence-corrected chi connectivity index (χ4v) is 5.81. The molecule has 184 valence electrons. The molecule has 1 atom stereocenters. The van der Waals surface area contributed by atoms with Gasteiger partial charge in [-0.2, -0.15) is 0 Å². The van der Waals surface area contributed by atoms with Crippen LogP contribution in [-0.2, 0) is 14.8 Å². The second-order valence-corrected chi connectivity index (χ2v) is 11.1. The van der Waals surface area contributed by atoms with Crippen LogP contribution in [0.3, 0.4) is 0 Å². The van der Waals surface area contributed by atoms with Crippen molar-refractivity contribution < 1.29 is 17.9 Å². The Labute approximate surface area is 206 Å². The maximum absolute atomic E-state index is 12.8. The summed E-state index contributed by atoms with van der Waals surface area (Å²) in [5.74, 6) is 1.83. The van der Waals surface area contributed by atoms with Crippen molar-refractivity contribution in [1.82, 2.24) is 15.0 Å². The SMILES string of the molecule is Cc1cc(N2CCC(Oc3ccc(Cl)cc3)CC2)ncc1S(=O)(=O)NCCC1CCNC(=O)C1. The summed E-state index contributed by atoms with van der Waals surface area (Å²) < 4.78 is 34.4. The zero-order valence-electron chi connectivity index (χ0n) is 19.3. The third kappa shape index (κ3) is 6.40. The highest BCUT2D eigenvalue weighted by molar-refractivity contribution is 7.89. The van der Waals surface area contributed by atoms with Crippen molar-refractivity contribution >= 4 is 33.3 Å². The van der Waals surface area contributed by atoms with Crippen LogP contribution in [0.1, 0.15) is 37.7 Å². The van der Waals surface area contributed by atoms with Gasteiger partial charge in [-0.3, -0.25) is 4.79 Å². The number of aromatic nitrogens is 1. The number of benzene rings is 1. The molecule has 1 amide bonds. The number of sulfonamides is 1. The van der Waals surface area contributed by atoms with Crippen molar-refractivity contribution in [3.05, 3.63) is 47.1 Å². The third-order valence-electron chi connectivity index (χ3n) is 6.41. The van der Waals surface area contributed by atoms with Gasteiger partial charge in [0, 0.05) is 56.7 Å². The molecule has 0 bridgehead atoms. The molecule has 0 saturated carbocycles. The molecule has 3 heterocycles. The van der Waals surface area contributed by atoms with E-state index in [0.717, 1.165) is 43.9 Å². The minimum absolute atomic E-state index is 0.0373. The van der Waals surface area contributed by atoms with Crippen molar-refractivity contribution in [1.29, 1.82) is 0 Å². The maximum Gasteiger partial charge on any atom is 0.242 e. The minimum Gasteiger partial charge on any atom is -0.490 e. The van der Waals surface area contributed by atoms with E-state index in [0.29, 0.717) is 36.5 Å². The first kappa shape index (κ1) is 24.8. The van der Waals surface area contributed by atoms with Crippen molar-refractivity contribution in [2.45, 2.75) is 50.0 Å². The number of carbonyl (C=O) groups is 1. The molecular formula is C24H31ClN4O4S. The number of pyridine rings is 1. The zero-order chi connectivity index (χ0) is 24.1. The molecule has 34 heavy (non-hydrogen) atoms. The van der Waals surface area contributed by atoms with Gasteiger partial charge in [-0.25, -0.2) is 18.1 Å². The third-order valence-corrected chi connectivity index (χ3v) is 8.26. The molecule has 0 spiro atoms. The van der Waals surface area contributed by atoms with Crippen molar-refractivity contribution in [2.24, 2.45) is 5.92 Å². The van der Waals surface area contributed by atoms with E-state index >= 15 is 0 Å². The number of piperidine rings is 2. The number of nitrogens with zero attached hydrogens (tertiary/aromatic N) is 2. The Balaban J connectivity index is 1.30. The van der Waals surface area contributed by atoms with E-state index in [1.807, 2.05) is 30.3 Å². The maximum atomic E-state index is 12.8. The van der Waals surface area contributed by atoms with Crippen molar-refractivity contribution in [3.63, 3.8) is 0 Å². The number of rotatable bonds is 8. The summed E-state index contributed by atoms with van der Waals surface area (Å²) in [5.41, 5.74) is 0.661. The highest BCUT2D eigenvalue weighted by Gasteiger charge is 2.24. The van der Waals surface area contributed by atoms with Gasteiger partial charge < -0.3 is 15.0 Å². The first-order chi connectivity index (χ1) is 16.3. The monoisotopic (exact) mass is 506 g/mol. The van der Waals surface area contributed by atoms with Gasteiger partial charge in [-0.05, 0) is 61.6 Å². The van der Waals surface area contributed by atoms with Crippen LogP contribution in [0, 0.1) is 12.8 Å². The smallest absolute Gasteiger partial charge is 0.242 e. The second-order valence-electron chi connectivity index (χ2n) is 8.96. The van der Waals surface area contributed by atoms with E-state index in [-0.39, 0.29) is 22.8 Å². The van der Waals surface area contributed by atoms with E-state index < -0.39 is 10.0 Å². The highest BCUT2D eigenvalue weighted by Crippen LogP contribution is 2.25. The molecule has 2 saturated heterocycles. The number of amides is 1. The molecule has 2 N–H and O–H groups in total. The van der Waals surface area contributed by atoms with Gasteiger partial charge in [0.2, 0.25) is 15.9 Å². The second kappa shape index (κ2) is 10.9. The van der Waals surface area contributed by atoms with Crippen LogP contribution in [0.25, 0.3) is 0 Å². The molecule has 2 fully saturated rings. The van der Waals surface area contributed by atoms with Crippen LogP contribution in [0.15, 0.2) is 41.4 Å². The number of ether oxygens (including phenoxy) is 1. The van der Waals surface area contributed by atoms with Gasteiger partial charge in [-0.15, -0.1) is 0 Å². The van der Waals surface area contributed by atoms with Gasteiger partial charge in [0.25, 0.3) is 0 Å². The first-order valence-electron chi connectivity index (χ1n) is 11.7. The van der Waals surface area contributed by atoms with E-state index in [2.05, 4.69) is 19.9 Å². The van der Waals surface area contributed by atoms with E-state index in [1.165, 1.54) is 6.20 Å². The summed E-state index contributed by atoms with van der Waals surface area (Å²) in [6, 6.07) is 9.22. The summed E-state index contributed by atoms with van der Waals surface area (Å²) in [7, 11) is -3.66. The quantitative estimate of drug-likeness (QED) is 0.570. The lowest BCUT2D eigenvalue weighted by Gasteiger charge is -2.33. The van der Waals surface area contributed by atoms with Crippen LogP contribution < -0.4 is 19.7 Å². The fraction of sp³-hybridized carbons (Fsp3) is 0.500. The molecule has 1 unspecified atom stereocenters. The van der Waals surface area contributed by atoms with E-state index in [4.69, 9.17) is 16.3 Å². The summed E-state index contributed by atoms with van der Waals surface area (Å²) in [6.45, 7) is 4.32. The number of aryl methyl sites for hydroxylation is 1. The molecule has 0 aliphatic carbocycles. The van der Waals surface area contributed by atoms with Gasteiger partial charge >= 0.3 is 0 Å². The normalized spacial score (nSPS) is 19.6. The number of hydrogen-bond donors (Lipinski definition) is 2. The molecule has 2 aliphatic heterocycles. The largest absolute Gasteiger partial charge is 0.490 e. The number of carbonyl (C=O) groups excluding carboxylic acids is 1. The Bertz CT molecular complexity index is 1100. The predicted octanol–water partition coefficient (Wildman–Crippen LogP) is 3.29. The summed E-state index contributed by atoms with van der Waals surface area (Å²) in [4.78, 5) is 18.3. The molecule has 1 aromatic carbocycles. The van der Waals surface area contributed by atoms with Crippen LogP contribution in [0.2, 0.25) is 5.02 Å². The Kier molecular flexibility index (Phi) is 7.95. The van der Waals surface area contributed by atoms with Gasteiger partial charge in [0.15, 0.2) is 0 Å². The molecular weight excluding hydrogens is 476 g/mol. The number of hydrogen-bond acceptors (Lipinski definition) is 6. The van der Waals surface area contributed by atoms with Crippen LogP contribution in [-0.4, -0.2) is 51.6 Å². The topological polar surface area (TPSA) is 101 Å². The molecule has 2 aromatic rings. The molecule has 1 aromatic heterocycles. The summed E-state index contributed by atoms with van der Waals surface area (Å²) >= 11 is 5.93. The Morgan fingerprint density at radius 2 is 1.94 bits per heavy atom. The lowest BCUT2D eigenvalue weighted by molar-refractivity contribution is -0.123. The highest BCUT2D eigenvalue weighted by atomic mass is 35.5. The lowest BCUT2D eigenvalue weighted by Crippen LogP contribution is -2.38. The molecule has 10 heteroatoms. The average Bonchev–Trinajstić information content (AvgIpc) is 2.81. The van der Waals surface area contributed by atoms with Gasteiger partial charge in [0.1, 0.15) is 22.6 Å².